The van der Waals surface area contributed by atoms with E-state index in [0.717, 1.165) is 24.2 Å². The Morgan fingerprint density at radius 3 is 2.19 bits per heavy atom. The van der Waals surface area contributed by atoms with Crippen LogP contribution in [0.1, 0.15) is 56.7 Å². The van der Waals surface area contributed by atoms with Crippen molar-refractivity contribution in [3.63, 3.8) is 0 Å². The van der Waals surface area contributed by atoms with E-state index in [4.69, 9.17) is 10.5 Å². The number of benzene rings is 2. The van der Waals surface area contributed by atoms with Crippen LogP contribution in [0.5, 0.6) is 0 Å². The molecule has 43 heavy (non-hydrogen) atoms. The molecule has 2 aliphatic heterocycles. The number of aromatic nitrogens is 2. The predicted octanol–water partition coefficient (Wildman–Crippen LogP) is 3.50. The molecule has 3 aliphatic rings. The number of nitrogens with zero attached hydrogens (tertiary/aromatic N) is 3. The number of fused-ring (bicyclic) bond motifs is 4. The van der Waals surface area contributed by atoms with Gasteiger partial charge in [0, 0.05) is 19.3 Å². The molecule has 10 nitrogen and oxygen atoms in total. The van der Waals surface area contributed by atoms with Gasteiger partial charge < -0.3 is 30.6 Å². The van der Waals surface area contributed by atoms with Gasteiger partial charge in [0.15, 0.2) is 5.82 Å². The lowest BCUT2D eigenvalue weighted by molar-refractivity contribution is -0.134. The number of nitrogens with two attached hydrogens (primary N) is 1. The van der Waals surface area contributed by atoms with E-state index in [0.29, 0.717) is 11.8 Å². The minimum Gasteiger partial charge on any atom is -0.374 e. The minimum atomic E-state index is -1.18. The second-order valence-corrected chi connectivity index (χ2v) is 12.4. The van der Waals surface area contributed by atoms with E-state index >= 15 is 0 Å². The Hall–Kier alpha value is -4.02. The molecule has 0 spiro atoms. The van der Waals surface area contributed by atoms with E-state index in [9.17, 15) is 14.4 Å². The second kappa shape index (κ2) is 13.5. The van der Waals surface area contributed by atoms with Crippen molar-refractivity contribution in [3.8, 4) is 0 Å². The maximum absolute atomic E-state index is 14.1. The van der Waals surface area contributed by atoms with E-state index < -0.39 is 29.4 Å². The Labute approximate surface area is 253 Å². The predicted molar refractivity (Wildman–Crippen MR) is 164 cm³/mol. The van der Waals surface area contributed by atoms with Gasteiger partial charge in [-0.2, -0.15) is 0 Å². The van der Waals surface area contributed by atoms with Crippen LogP contribution in [0.2, 0.25) is 0 Å². The summed E-state index contributed by atoms with van der Waals surface area (Å²) in [5.74, 6) is 0.414. The van der Waals surface area contributed by atoms with Crippen molar-refractivity contribution in [1.29, 1.82) is 0 Å². The molecule has 1 aliphatic carbocycles. The highest BCUT2D eigenvalue weighted by Crippen LogP contribution is 2.35. The topological polar surface area (TPSA) is 132 Å². The van der Waals surface area contributed by atoms with Gasteiger partial charge >= 0.3 is 0 Å². The quantitative estimate of drug-likeness (QED) is 0.315. The van der Waals surface area contributed by atoms with Gasteiger partial charge in [-0.1, -0.05) is 60.7 Å². The molecule has 10 heteroatoms. The summed E-state index contributed by atoms with van der Waals surface area (Å²) in [6.45, 7) is 4.91. The van der Waals surface area contributed by atoms with Crippen molar-refractivity contribution in [2.24, 2.45) is 17.6 Å². The van der Waals surface area contributed by atoms with Gasteiger partial charge in [-0.25, -0.2) is 4.98 Å². The molecule has 6 rings (SSSR count). The first-order chi connectivity index (χ1) is 20.7. The van der Waals surface area contributed by atoms with Crippen LogP contribution in [0.3, 0.4) is 0 Å². The molecule has 4 N–H and O–H groups in total. The van der Waals surface area contributed by atoms with Crippen LogP contribution in [-0.2, 0) is 25.7 Å². The van der Waals surface area contributed by atoms with Crippen LogP contribution in [-0.4, -0.2) is 63.4 Å². The summed E-state index contributed by atoms with van der Waals surface area (Å²) >= 11 is 0. The molecule has 2 saturated heterocycles. The first-order valence-electron chi connectivity index (χ1n) is 15.1. The van der Waals surface area contributed by atoms with Gasteiger partial charge in [-0.3, -0.25) is 14.4 Å². The van der Waals surface area contributed by atoms with Crippen molar-refractivity contribution in [3.05, 3.63) is 84.3 Å². The highest BCUT2D eigenvalue weighted by atomic mass is 16.5. The fourth-order valence-corrected chi connectivity index (χ4v) is 5.88. The van der Waals surface area contributed by atoms with Crippen molar-refractivity contribution < 1.29 is 19.1 Å². The van der Waals surface area contributed by atoms with Crippen molar-refractivity contribution in [1.82, 2.24) is 19.8 Å². The maximum Gasteiger partial charge on any atom is 0.250 e. The summed E-state index contributed by atoms with van der Waals surface area (Å²) in [7, 11) is 0. The Balaban J connectivity index is 1.32. The number of anilines is 1. The molecule has 3 aromatic rings. The fourth-order valence-electron chi connectivity index (χ4n) is 5.88. The van der Waals surface area contributed by atoms with Crippen molar-refractivity contribution in [2.75, 3.05) is 25.0 Å². The van der Waals surface area contributed by atoms with Gasteiger partial charge in [0.2, 0.25) is 11.8 Å². The van der Waals surface area contributed by atoms with E-state index in [1.54, 1.807) is 30.9 Å². The summed E-state index contributed by atoms with van der Waals surface area (Å²) in [5.41, 5.74) is 6.59. The Morgan fingerprint density at radius 2 is 1.58 bits per heavy atom. The van der Waals surface area contributed by atoms with Crippen LogP contribution in [0, 0.1) is 11.8 Å². The monoisotopic (exact) mass is 586 g/mol. The molecule has 2 aromatic carbocycles. The lowest BCUT2D eigenvalue weighted by atomic mass is 9.84. The number of carbonyl (C=O) groups is 3. The van der Waals surface area contributed by atoms with Gasteiger partial charge in [-0.15, -0.1) is 0 Å². The lowest BCUT2D eigenvalue weighted by Gasteiger charge is -2.28. The first-order valence-corrected chi connectivity index (χ1v) is 15.1. The van der Waals surface area contributed by atoms with Crippen molar-refractivity contribution >= 4 is 23.5 Å². The molecular formula is C33H42N6O4. The van der Waals surface area contributed by atoms with Gasteiger partial charge in [0.1, 0.15) is 12.1 Å². The third-order valence-electron chi connectivity index (χ3n) is 8.34. The normalized spacial score (nSPS) is 19.7. The Morgan fingerprint density at radius 1 is 0.977 bits per heavy atom. The number of nitrogens with one attached hydrogen (secondary N) is 2. The Bertz CT molecular complexity index is 1370. The number of ether oxygens (including phenoxy) is 1. The van der Waals surface area contributed by atoms with Crippen molar-refractivity contribution in [2.45, 2.75) is 63.8 Å². The molecule has 0 radical (unpaired) electrons. The van der Waals surface area contributed by atoms with E-state index in [2.05, 4.69) is 15.6 Å². The van der Waals surface area contributed by atoms with Gasteiger partial charge in [-0.05, 0) is 62.5 Å². The lowest BCUT2D eigenvalue weighted by Crippen LogP contribution is -2.56. The van der Waals surface area contributed by atoms with Gasteiger partial charge in [0.05, 0.1) is 25.1 Å². The van der Waals surface area contributed by atoms with E-state index in [1.165, 1.54) is 25.7 Å². The zero-order chi connectivity index (χ0) is 30.4. The number of hydrogen-bond donors (Lipinski definition) is 3. The molecule has 228 valence electrons. The summed E-state index contributed by atoms with van der Waals surface area (Å²) in [4.78, 5) is 46.6. The second-order valence-electron chi connectivity index (χ2n) is 12.4. The molecule has 1 saturated carbocycles. The molecule has 3 amide bonds. The highest BCUT2D eigenvalue weighted by molar-refractivity contribution is 5.98. The third kappa shape index (κ3) is 7.88. The molecule has 2 bridgehead atoms. The average molecular weight is 587 g/mol. The largest absolute Gasteiger partial charge is 0.374 e. The number of carbonyl (C=O) groups excluding carboxylic acids is 3. The highest BCUT2D eigenvalue weighted by Gasteiger charge is 2.36. The first kappa shape index (κ1) is 30.4. The van der Waals surface area contributed by atoms with Crippen LogP contribution >= 0.6 is 0 Å². The van der Waals surface area contributed by atoms with Crippen LogP contribution in [0.15, 0.2) is 73.2 Å². The number of rotatable bonds is 11. The molecule has 2 atom stereocenters. The summed E-state index contributed by atoms with van der Waals surface area (Å²) in [5, 5.41) is 5.50. The van der Waals surface area contributed by atoms with E-state index in [1.807, 2.05) is 65.6 Å². The number of amides is 3. The number of imidazole rings is 1. The maximum atomic E-state index is 14.1. The van der Waals surface area contributed by atoms with E-state index in [-0.39, 0.29) is 24.9 Å². The summed E-state index contributed by atoms with van der Waals surface area (Å²) in [6.07, 6.45) is 7.95. The van der Waals surface area contributed by atoms with Crippen LogP contribution < -0.4 is 16.4 Å². The standard InChI is InChI=1S/C33H42N6O4/c1-33(2,34)32(42)36-27(21-43-20-25-9-5-3-6-10-25)30(40)37-28-19-39(22-35-28)29(26-11-7-4-8-12-26)31(41)38-17-23-13-14-24(18-38)16-15-23/h3-12,19,22-24,27,29H,13-18,20-21,34H2,1-2H3,(H,36,42)(H,37,40). The summed E-state index contributed by atoms with van der Waals surface area (Å²) < 4.78 is 7.55. The zero-order valence-corrected chi connectivity index (χ0v) is 24.9. The molecular weight excluding hydrogens is 544 g/mol. The minimum absolute atomic E-state index is 0.0323. The van der Waals surface area contributed by atoms with Gasteiger partial charge in [0.25, 0.3) is 5.91 Å². The fraction of sp³-hybridized carbons (Fsp3) is 0.455. The molecule has 2 unspecified atom stereocenters. The molecule has 3 heterocycles. The van der Waals surface area contributed by atoms with Crippen LogP contribution in [0.4, 0.5) is 5.82 Å². The van der Waals surface area contributed by atoms with Crippen LogP contribution in [0.25, 0.3) is 0 Å². The summed E-state index contributed by atoms with van der Waals surface area (Å²) in [6, 6.07) is 17.6. The smallest absolute Gasteiger partial charge is 0.250 e. The SMILES string of the molecule is CC(C)(N)C(=O)NC(COCc1ccccc1)C(=O)Nc1cn(C(C(=O)N2CC3CCC(CC3)C2)c2ccccc2)cn1. The number of hydrogen-bond acceptors (Lipinski definition) is 6. The average Bonchev–Trinajstić information content (AvgIpc) is 3.22. The molecule has 3 fully saturated rings. The molecule has 1 aromatic heterocycles. The third-order valence-corrected chi connectivity index (χ3v) is 8.34. The zero-order valence-electron chi connectivity index (χ0n) is 24.9. The Kier molecular flexibility index (Phi) is 9.57.